The average Bonchev–Trinajstić information content (AvgIpc) is 2.81. The maximum Gasteiger partial charge on any atom is 0.287 e. The molecule has 0 aliphatic carbocycles. The minimum Gasteiger partial charge on any atom is -0.456 e. The van der Waals surface area contributed by atoms with Crippen LogP contribution in [-0.4, -0.2) is 32.4 Å². The van der Waals surface area contributed by atoms with Crippen LogP contribution >= 0.6 is 0 Å². The fraction of sp³-hybridized carbons (Fsp3) is 0.545. The van der Waals surface area contributed by atoms with Gasteiger partial charge in [0, 0.05) is 6.54 Å². The first kappa shape index (κ1) is 12.2. The lowest BCUT2D eigenvalue weighted by atomic mass is 10.1. The maximum absolute atomic E-state index is 11.6. The van der Waals surface area contributed by atoms with Gasteiger partial charge in [0.2, 0.25) is 0 Å². The molecule has 0 radical (unpaired) electrons. The number of carbonyl (C=O) groups is 1. The zero-order valence-corrected chi connectivity index (χ0v) is 10.4. The molecule has 2 rings (SSSR count). The lowest BCUT2D eigenvalue weighted by molar-refractivity contribution is 0.0919. The Hall–Kier alpha value is -1.30. The van der Waals surface area contributed by atoms with Crippen molar-refractivity contribution in [3.8, 4) is 0 Å². The summed E-state index contributed by atoms with van der Waals surface area (Å²) in [6.45, 7) is 2.15. The van der Waals surface area contributed by atoms with Gasteiger partial charge in [-0.05, 0) is 31.4 Å². The number of nitrogens with one attached hydrogen (secondary N) is 1. The van der Waals surface area contributed by atoms with Crippen LogP contribution in [-0.2, 0) is 9.84 Å². The van der Waals surface area contributed by atoms with Gasteiger partial charge in [0.1, 0.15) is 5.76 Å². The summed E-state index contributed by atoms with van der Waals surface area (Å²) in [5.41, 5.74) is 0. The van der Waals surface area contributed by atoms with Crippen LogP contribution < -0.4 is 5.32 Å². The first-order chi connectivity index (χ1) is 7.96. The van der Waals surface area contributed by atoms with Crippen LogP contribution in [0.3, 0.4) is 0 Å². The van der Waals surface area contributed by atoms with E-state index in [0.717, 1.165) is 0 Å². The second kappa shape index (κ2) is 4.52. The number of amides is 1. The van der Waals surface area contributed by atoms with Crippen molar-refractivity contribution in [3.63, 3.8) is 0 Å². The molecule has 1 aliphatic heterocycles. The first-order valence-electron chi connectivity index (χ1n) is 5.51. The molecule has 0 saturated carbocycles. The van der Waals surface area contributed by atoms with Gasteiger partial charge in [-0.3, -0.25) is 4.79 Å². The van der Waals surface area contributed by atoms with Gasteiger partial charge in [-0.1, -0.05) is 0 Å². The minimum absolute atomic E-state index is 0.0278. The molecule has 1 aromatic heterocycles. The van der Waals surface area contributed by atoms with Crippen molar-refractivity contribution in [2.24, 2.45) is 5.92 Å². The van der Waals surface area contributed by atoms with E-state index in [1.165, 1.54) is 0 Å². The van der Waals surface area contributed by atoms with Crippen molar-refractivity contribution >= 4 is 15.7 Å². The number of carbonyl (C=O) groups excluding carboxylic acids is 1. The minimum atomic E-state index is -2.88. The van der Waals surface area contributed by atoms with Gasteiger partial charge in [0.15, 0.2) is 15.6 Å². The quantitative estimate of drug-likeness (QED) is 0.867. The molecule has 0 spiro atoms. The van der Waals surface area contributed by atoms with E-state index in [2.05, 4.69) is 5.32 Å². The second-order valence-corrected chi connectivity index (χ2v) is 6.62. The third kappa shape index (κ3) is 3.09. The van der Waals surface area contributed by atoms with Crippen molar-refractivity contribution in [1.29, 1.82) is 0 Å². The third-order valence-corrected chi connectivity index (χ3v) is 4.68. The van der Waals surface area contributed by atoms with Gasteiger partial charge in [0.25, 0.3) is 5.91 Å². The molecular weight excluding hydrogens is 242 g/mol. The highest BCUT2D eigenvalue weighted by molar-refractivity contribution is 7.91. The van der Waals surface area contributed by atoms with E-state index >= 15 is 0 Å². The van der Waals surface area contributed by atoms with E-state index in [0.29, 0.717) is 18.7 Å². The standard InChI is InChI=1S/C11H15NO4S/c1-8-2-3-10(16-8)11(13)12-6-9-4-5-17(14,15)7-9/h2-3,9H,4-7H2,1H3,(H,12,13)/t9-/m0/s1. The topological polar surface area (TPSA) is 76.4 Å². The van der Waals surface area contributed by atoms with Gasteiger partial charge in [0.05, 0.1) is 11.5 Å². The fourth-order valence-electron chi connectivity index (χ4n) is 1.91. The van der Waals surface area contributed by atoms with E-state index < -0.39 is 9.84 Å². The SMILES string of the molecule is Cc1ccc(C(=O)NC[C@@H]2CCS(=O)(=O)C2)o1. The zero-order chi connectivity index (χ0) is 12.5. The Morgan fingerprint density at radius 1 is 1.53 bits per heavy atom. The number of hydrogen-bond donors (Lipinski definition) is 1. The average molecular weight is 257 g/mol. The smallest absolute Gasteiger partial charge is 0.287 e. The fourth-order valence-corrected chi connectivity index (χ4v) is 3.78. The van der Waals surface area contributed by atoms with Gasteiger partial charge in [-0.2, -0.15) is 0 Å². The van der Waals surface area contributed by atoms with Crippen LogP contribution in [0.4, 0.5) is 0 Å². The van der Waals surface area contributed by atoms with Crippen molar-refractivity contribution in [1.82, 2.24) is 5.32 Å². The highest BCUT2D eigenvalue weighted by atomic mass is 32.2. The molecule has 1 atom stereocenters. The Morgan fingerprint density at radius 2 is 2.29 bits per heavy atom. The summed E-state index contributed by atoms with van der Waals surface area (Å²) in [5, 5.41) is 2.69. The molecule has 1 aliphatic rings. The van der Waals surface area contributed by atoms with Crippen LogP contribution in [0.2, 0.25) is 0 Å². The number of sulfone groups is 1. The van der Waals surface area contributed by atoms with Crippen LogP contribution in [0, 0.1) is 12.8 Å². The number of aryl methyl sites for hydroxylation is 1. The van der Waals surface area contributed by atoms with Gasteiger partial charge in [-0.25, -0.2) is 8.42 Å². The Morgan fingerprint density at radius 3 is 2.82 bits per heavy atom. The highest BCUT2D eigenvalue weighted by Crippen LogP contribution is 2.17. The second-order valence-electron chi connectivity index (χ2n) is 4.39. The van der Waals surface area contributed by atoms with Gasteiger partial charge in [-0.15, -0.1) is 0 Å². The molecule has 0 bridgehead atoms. The van der Waals surface area contributed by atoms with Crippen molar-refractivity contribution in [2.75, 3.05) is 18.1 Å². The van der Waals surface area contributed by atoms with E-state index in [-0.39, 0.29) is 29.1 Å². The Bertz CT molecular complexity index is 517. The summed E-state index contributed by atoms with van der Waals surface area (Å²) >= 11 is 0. The maximum atomic E-state index is 11.6. The Labute approximate surface area is 100 Å². The predicted octanol–water partition coefficient (Wildman–Crippen LogP) is 0.753. The lowest BCUT2D eigenvalue weighted by Gasteiger charge is -2.07. The van der Waals surface area contributed by atoms with Crippen LogP contribution in [0.5, 0.6) is 0 Å². The van der Waals surface area contributed by atoms with Gasteiger partial charge >= 0.3 is 0 Å². The number of rotatable bonds is 3. The molecule has 5 nitrogen and oxygen atoms in total. The normalized spacial score (nSPS) is 22.5. The molecule has 1 aromatic rings. The molecule has 1 saturated heterocycles. The number of hydrogen-bond acceptors (Lipinski definition) is 4. The molecule has 94 valence electrons. The molecule has 1 fully saturated rings. The predicted molar refractivity (Wildman–Crippen MR) is 62.5 cm³/mol. The molecule has 17 heavy (non-hydrogen) atoms. The van der Waals surface area contributed by atoms with Crippen LogP contribution in [0.25, 0.3) is 0 Å². The highest BCUT2D eigenvalue weighted by Gasteiger charge is 2.28. The Kier molecular flexibility index (Phi) is 3.24. The van der Waals surface area contributed by atoms with Crippen molar-refractivity contribution in [2.45, 2.75) is 13.3 Å². The lowest BCUT2D eigenvalue weighted by Crippen LogP contribution is -2.29. The zero-order valence-electron chi connectivity index (χ0n) is 9.60. The van der Waals surface area contributed by atoms with Gasteiger partial charge < -0.3 is 9.73 Å². The van der Waals surface area contributed by atoms with E-state index in [1.807, 2.05) is 0 Å². The molecule has 6 heteroatoms. The van der Waals surface area contributed by atoms with E-state index in [4.69, 9.17) is 4.42 Å². The summed E-state index contributed by atoms with van der Waals surface area (Å²) in [5.74, 6) is 1.09. The molecular formula is C11H15NO4S. The number of furan rings is 1. The molecule has 0 unspecified atom stereocenters. The molecule has 1 N–H and O–H groups in total. The molecule has 1 amide bonds. The Balaban J connectivity index is 1.85. The van der Waals surface area contributed by atoms with E-state index in [9.17, 15) is 13.2 Å². The monoisotopic (exact) mass is 257 g/mol. The summed E-state index contributed by atoms with van der Waals surface area (Å²) in [6, 6.07) is 3.32. The van der Waals surface area contributed by atoms with Crippen LogP contribution in [0.1, 0.15) is 22.7 Å². The van der Waals surface area contributed by atoms with Crippen molar-refractivity contribution in [3.05, 3.63) is 23.7 Å². The molecule has 0 aromatic carbocycles. The van der Waals surface area contributed by atoms with Crippen molar-refractivity contribution < 1.29 is 17.6 Å². The summed E-state index contributed by atoms with van der Waals surface area (Å²) in [7, 11) is -2.88. The van der Waals surface area contributed by atoms with Crippen LogP contribution in [0.15, 0.2) is 16.5 Å². The summed E-state index contributed by atoms with van der Waals surface area (Å²) in [4.78, 5) is 11.6. The molecule has 2 heterocycles. The van der Waals surface area contributed by atoms with E-state index in [1.54, 1.807) is 19.1 Å². The summed E-state index contributed by atoms with van der Waals surface area (Å²) in [6.07, 6.45) is 0.625. The third-order valence-electron chi connectivity index (χ3n) is 2.84. The largest absolute Gasteiger partial charge is 0.456 e. The summed E-state index contributed by atoms with van der Waals surface area (Å²) < 4.78 is 27.6. The first-order valence-corrected chi connectivity index (χ1v) is 7.33.